The van der Waals surface area contributed by atoms with Crippen molar-refractivity contribution in [1.29, 1.82) is 0 Å². The summed E-state index contributed by atoms with van der Waals surface area (Å²) in [6.07, 6.45) is 11.4. The molecule has 0 heterocycles. The maximum absolute atomic E-state index is 12.5. The van der Waals surface area contributed by atoms with Gasteiger partial charge in [0.2, 0.25) is 5.91 Å². The number of amides is 1. The summed E-state index contributed by atoms with van der Waals surface area (Å²) >= 11 is 0. The quantitative estimate of drug-likeness (QED) is 0.615. The molecule has 3 atom stereocenters. The van der Waals surface area contributed by atoms with Gasteiger partial charge in [0.25, 0.3) is 0 Å². The number of allylic oxidation sites excluding steroid dienone is 2. The van der Waals surface area contributed by atoms with Crippen molar-refractivity contribution in [2.75, 3.05) is 0 Å². The highest BCUT2D eigenvalue weighted by Gasteiger charge is 2.45. The molecule has 3 rings (SSSR count). The maximum Gasteiger partial charge on any atom is 0.329 e. The number of carboxylic acid groups (broad SMARTS) is 1. The number of carbonyl (C=O) groups excluding carboxylic acids is 1. The fraction of sp³-hybridized carbons (Fsp3) is 0.750. The third kappa shape index (κ3) is 2.36. The summed E-state index contributed by atoms with van der Waals surface area (Å²) in [6.45, 7) is 0. The first-order valence-corrected chi connectivity index (χ1v) is 7.84. The zero-order valence-corrected chi connectivity index (χ0v) is 11.8. The van der Waals surface area contributed by atoms with E-state index in [2.05, 4.69) is 17.5 Å². The molecular weight excluding hydrogens is 254 g/mol. The molecule has 3 unspecified atom stereocenters. The molecule has 3 aliphatic rings. The Balaban J connectivity index is 1.71. The Morgan fingerprint density at radius 1 is 1.05 bits per heavy atom. The van der Waals surface area contributed by atoms with Gasteiger partial charge in [0.1, 0.15) is 5.54 Å². The van der Waals surface area contributed by atoms with Crippen LogP contribution in [0.3, 0.4) is 0 Å². The second kappa shape index (κ2) is 5.23. The van der Waals surface area contributed by atoms with Crippen molar-refractivity contribution in [2.24, 2.45) is 17.8 Å². The van der Waals surface area contributed by atoms with E-state index in [1.807, 2.05) is 0 Å². The number of nitrogens with one attached hydrogen (secondary N) is 1. The average Bonchev–Trinajstić information content (AvgIpc) is 2.97. The van der Waals surface area contributed by atoms with Crippen LogP contribution in [0.2, 0.25) is 0 Å². The van der Waals surface area contributed by atoms with E-state index in [0.29, 0.717) is 24.7 Å². The number of hydrogen-bond donors (Lipinski definition) is 2. The largest absolute Gasteiger partial charge is 0.480 e. The van der Waals surface area contributed by atoms with Crippen molar-refractivity contribution < 1.29 is 14.7 Å². The molecule has 0 spiro atoms. The van der Waals surface area contributed by atoms with Crippen molar-refractivity contribution >= 4 is 11.9 Å². The van der Waals surface area contributed by atoms with Crippen LogP contribution in [-0.2, 0) is 9.59 Å². The zero-order chi connectivity index (χ0) is 14.2. The minimum absolute atomic E-state index is 0.00974. The number of hydrogen-bond acceptors (Lipinski definition) is 2. The van der Waals surface area contributed by atoms with Gasteiger partial charge in [0, 0.05) is 5.92 Å². The number of aliphatic carboxylic acids is 1. The first-order valence-electron chi connectivity index (χ1n) is 7.84. The van der Waals surface area contributed by atoms with Crippen molar-refractivity contribution in [3.8, 4) is 0 Å². The predicted molar refractivity (Wildman–Crippen MR) is 75.1 cm³/mol. The van der Waals surface area contributed by atoms with Gasteiger partial charge in [0.05, 0.1) is 0 Å². The number of fused-ring (bicyclic) bond motifs is 2. The lowest BCUT2D eigenvalue weighted by molar-refractivity contribution is -0.149. The lowest BCUT2D eigenvalue weighted by atomic mass is 9.87. The summed E-state index contributed by atoms with van der Waals surface area (Å²) in [7, 11) is 0. The van der Waals surface area contributed by atoms with Gasteiger partial charge in [-0.05, 0) is 37.5 Å². The molecule has 2 bridgehead atoms. The first-order chi connectivity index (χ1) is 9.61. The van der Waals surface area contributed by atoms with Gasteiger partial charge in [0.15, 0.2) is 0 Å². The molecule has 2 N–H and O–H groups in total. The third-order valence-electron chi connectivity index (χ3n) is 5.34. The first kappa shape index (κ1) is 13.7. The van der Waals surface area contributed by atoms with E-state index < -0.39 is 11.5 Å². The average molecular weight is 277 g/mol. The van der Waals surface area contributed by atoms with Gasteiger partial charge in [-0.2, -0.15) is 0 Å². The SMILES string of the molecule is O=C(NC1(C(=O)O)CCCCCC1)C1CC2C=CC1C2. The highest BCUT2D eigenvalue weighted by Crippen LogP contribution is 2.44. The normalized spacial score (nSPS) is 34.7. The molecule has 3 aliphatic carbocycles. The van der Waals surface area contributed by atoms with Crippen LogP contribution < -0.4 is 5.32 Å². The molecule has 0 aromatic rings. The van der Waals surface area contributed by atoms with Crippen LogP contribution >= 0.6 is 0 Å². The molecule has 4 nitrogen and oxygen atoms in total. The van der Waals surface area contributed by atoms with Gasteiger partial charge in [-0.25, -0.2) is 4.79 Å². The molecule has 2 fully saturated rings. The minimum Gasteiger partial charge on any atom is -0.480 e. The maximum atomic E-state index is 12.5. The summed E-state index contributed by atoms with van der Waals surface area (Å²) in [5.74, 6) is -0.0376. The van der Waals surface area contributed by atoms with E-state index in [0.717, 1.165) is 38.5 Å². The summed E-state index contributed by atoms with van der Waals surface area (Å²) < 4.78 is 0. The third-order valence-corrected chi connectivity index (χ3v) is 5.34. The van der Waals surface area contributed by atoms with Gasteiger partial charge >= 0.3 is 5.97 Å². The standard InChI is InChI=1S/C16H23NO3/c18-14(13-10-11-5-6-12(13)9-11)17-16(15(19)20)7-3-1-2-4-8-16/h5-6,11-13H,1-4,7-10H2,(H,17,18)(H,19,20). The van der Waals surface area contributed by atoms with Crippen LogP contribution in [0.5, 0.6) is 0 Å². The minimum atomic E-state index is -1.01. The molecule has 0 aliphatic heterocycles. The Kier molecular flexibility index (Phi) is 3.57. The van der Waals surface area contributed by atoms with Crippen LogP contribution in [0.15, 0.2) is 12.2 Å². The predicted octanol–water partition coefficient (Wildman–Crippen LogP) is 2.49. The lowest BCUT2D eigenvalue weighted by Crippen LogP contribution is -2.56. The Labute approximate surface area is 119 Å². The highest BCUT2D eigenvalue weighted by atomic mass is 16.4. The van der Waals surface area contributed by atoms with Crippen LogP contribution in [0, 0.1) is 17.8 Å². The van der Waals surface area contributed by atoms with Crippen LogP contribution in [-0.4, -0.2) is 22.5 Å². The molecule has 20 heavy (non-hydrogen) atoms. The van der Waals surface area contributed by atoms with Gasteiger partial charge in [-0.3, -0.25) is 4.79 Å². The van der Waals surface area contributed by atoms with Crippen LogP contribution in [0.25, 0.3) is 0 Å². The Morgan fingerprint density at radius 2 is 1.75 bits per heavy atom. The van der Waals surface area contributed by atoms with E-state index in [9.17, 15) is 14.7 Å². The summed E-state index contributed by atoms with van der Waals surface area (Å²) in [4.78, 5) is 24.2. The van der Waals surface area contributed by atoms with Crippen molar-refractivity contribution in [1.82, 2.24) is 5.32 Å². The smallest absolute Gasteiger partial charge is 0.329 e. The van der Waals surface area contributed by atoms with E-state index >= 15 is 0 Å². The Hall–Kier alpha value is -1.32. The summed E-state index contributed by atoms with van der Waals surface area (Å²) in [5, 5.41) is 12.5. The van der Waals surface area contributed by atoms with Crippen LogP contribution in [0.4, 0.5) is 0 Å². The summed E-state index contributed by atoms with van der Waals surface area (Å²) in [5.41, 5.74) is -1.01. The molecule has 0 aromatic heterocycles. The van der Waals surface area contributed by atoms with Crippen molar-refractivity contribution in [3.63, 3.8) is 0 Å². The molecule has 0 saturated heterocycles. The fourth-order valence-electron chi connectivity index (χ4n) is 4.14. The van der Waals surface area contributed by atoms with Gasteiger partial charge < -0.3 is 10.4 Å². The molecule has 0 radical (unpaired) electrons. The number of carbonyl (C=O) groups is 2. The Morgan fingerprint density at radius 3 is 2.25 bits per heavy atom. The molecule has 4 heteroatoms. The topological polar surface area (TPSA) is 66.4 Å². The second-order valence-electron chi connectivity index (χ2n) is 6.68. The van der Waals surface area contributed by atoms with Crippen molar-refractivity contribution in [3.05, 3.63) is 12.2 Å². The monoisotopic (exact) mass is 277 g/mol. The van der Waals surface area contributed by atoms with E-state index in [-0.39, 0.29) is 11.8 Å². The number of rotatable bonds is 3. The molecule has 110 valence electrons. The van der Waals surface area contributed by atoms with Gasteiger partial charge in [-0.1, -0.05) is 37.8 Å². The van der Waals surface area contributed by atoms with E-state index in [4.69, 9.17) is 0 Å². The van der Waals surface area contributed by atoms with Crippen molar-refractivity contribution in [2.45, 2.75) is 56.9 Å². The number of carboxylic acids is 1. The zero-order valence-electron chi connectivity index (χ0n) is 11.8. The molecule has 2 saturated carbocycles. The highest BCUT2D eigenvalue weighted by molar-refractivity contribution is 5.88. The van der Waals surface area contributed by atoms with E-state index in [1.54, 1.807) is 0 Å². The van der Waals surface area contributed by atoms with E-state index in [1.165, 1.54) is 0 Å². The Bertz CT molecular complexity index is 435. The fourth-order valence-corrected chi connectivity index (χ4v) is 4.14. The molecule has 0 aromatic carbocycles. The van der Waals surface area contributed by atoms with Gasteiger partial charge in [-0.15, -0.1) is 0 Å². The second-order valence-corrected chi connectivity index (χ2v) is 6.68. The molecular formula is C16H23NO3. The summed E-state index contributed by atoms with van der Waals surface area (Å²) in [6, 6.07) is 0. The molecule has 1 amide bonds. The lowest BCUT2D eigenvalue weighted by Gasteiger charge is -2.31. The van der Waals surface area contributed by atoms with Crippen LogP contribution in [0.1, 0.15) is 51.4 Å².